The van der Waals surface area contributed by atoms with Crippen molar-refractivity contribution in [1.82, 2.24) is 5.32 Å². The standard InChI is InChI=1S/C19H20F6N2O6/c1-8(13(16(30)32-2)17(31)33-3)14(15(26)29)27-12(28)6-9-4-10(18(20,21)22)7-11(5-9)19(23,24)25/h4-5,7-8,13-14H,6H2,1-3H3,(H2,26,29)(H,27,28)/t8-,14+/m1/s1. The third-order valence-corrected chi connectivity index (χ3v) is 4.60. The molecule has 8 nitrogen and oxygen atoms in total. The predicted molar refractivity (Wildman–Crippen MR) is 98.0 cm³/mol. The monoisotopic (exact) mass is 486 g/mol. The number of nitrogens with two attached hydrogens (primary N) is 1. The highest BCUT2D eigenvalue weighted by Gasteiger charge is 2.41. The Hall–Kier alpha value is -3.32. The van der Waals surface area contributed by atoms with Gasteiger partial charge in [-0.25, -0.2) is 0 Å². The number of carbonyl (C=O) groups is 4. The fourth-order valence-corrected chi connectivity index (χ4v) is 2.96. The van der Waals surface area contributed by atoms with Gasteiger partial charge in [-0.3, -0.25) is 19.2 Å². The van der Waals surface area contributed by atoms with Crippen LogP contribution in [0.4, 0.5) is 26.3 Å². The second kappa shape index (κ2) is 10.5. The maximum absolute atomic E-state index is 13.0. The van der Waals surface area contributed by atoms with Crippen LogP contribution in [0.1, 0.15) is 23.6 Å². The zero-order valence-corrected chi connectivity index (χ0v) is 17.5. The number of hydrogen-bond donors (Lipinski definition) is 2. The van der Waals surface area contributed by atoms with Crippen LogP contribution in [0.2, 0.25) is 0 Å². The van der Waals surface area contributed by atoms with E-state index in [1.165, 1.54) is 6.92 Å². The molecule has 0 aromatic heterocycles. The highest BCUT2D eigenvalue weighted by atomic mass is 19.4. The quantitative estimate of drug-likeness (QED) is 0.328. The topological polar surface area (TPSA) is 125 Å². The Kier molecular flexibility index (Phi) is 8.84. The van der Waals surface area contributed by atoms with Crippen LogP contribution < -0.4 is 11.1 Å². The van der Waals surface area contributed by atoms with Gasteiger partial charge < -0.3 is 20.5 Å². The number of nitrogens with one attached hydrogen (secondary N) is 1. The molecule has 184 valence electrons. The molecule has 0 aliphatic heterocycles. The van der Waals surface area contributed by atoms with Crippen molar-refractivity contribution in [2.24, 2.45) is 17.6 Å². The molecule has 33 heavy (non-hydrogen) atoms. The lowest BCUT2D eigenvalue weighted by molar-refractivity contribution is -0.162. The van der Waals surface area contributed by atoms with Crippen molar-refractivity contribution >= 4 is 23.8 Å². The Morgan fingerprint density at radius 1 is 0.909 bits per heavy atom. The minimum Gasteiger partial charge on any atom is -0.468 e. The second-order valence-electron chi connectivity index (χ2n) is 6.92. The van der Waals surface area contributed by atoms with Crippen LogP contribution in [0.25, 0.3) is 0 Å². The molecule has 2 amide bonds. The Morgan fingerprint density at radius 3 is 1.67 bits per heavy atom. The summed E-state index contributed by atoms with van der Waals surface area (Å²) in [7, 11) is 1.88. The number of methoxy groups -OCH3 is 2. The van der Waals surface area contributed by atoms with E-state index in [0.717, 1.165) is 14.2 Å². The van der Waals surface area contributed by atoms with Crippen molar-refractivity contribution < 1.29 is 55.0 Å². The van der Waals surface area contributed by atoms with Crippen molar-refractivity contribution in [3.8, 4) is 0 Å². The molecule has 14 heteroatoms. The van der Waals surface area contributed by atoms with Crippen molar-refractivity contribution in [3.05, 3.63) is 34.9 Å². The van der Waals surface area contributed by atoms with Gasteiger partial charge in [0.25, 0.3) is 0 Å². The van der Waals surface area contributed by atoms with Gasteiger partial charge in [0, 0.05) is 5.92 Å². The molecule has 0 saturated heterocycles. The number of carbonyl (C=O) groups excluding carboxylic acids is 4. The minimum absolute atomic E-state index is 0.104. The van der Waals surface area contributed by atoms with E-state index in [0.29, 0.717) is 12.1 Å². The number of esters is 2. The average molecular weight is 486 g/mol. The van der Waals surface area contributed by atoms with Gasteiger partial charge in [-0.05, 0) is 23.8 Å². The summed E-state index contributed by atoms with van der Waals surface area (Å²) >= 11 is 0. The Bertz CT molecular complexity index is 867. The smallest absolute Gasteiger partial charge is 0.416 e. The number of hydrogen-bond acceptors (Lipinski definition) is 6. The molecule has 0 fully saturated rings. The number of benzene rings is 1. The third-order valence-electron chi connectivity index (χ3n) is 4.60. The summed E-state index contributed by atoms with van der Waals surface area (Å²) in [6.07, 6.45) is -11.2. The van der Waals surface area contributed by atoms with Crippen LogP contribution in [-0.2, 0) is 47.4 Å². The van der Waals surface area contributed by atoms with Crippen molar-refractivity contribution in [1.29, 1.82) is 0 Å². The molecular formula is C19H20F6N2O6. The lowest BCUT2D eigenvalue weighted by Crippen LogP contribution is -2.53. The Balaban J connectivity index is 3.23. The van der Waals surface area contributed by atoms with Crippen LogP contribution in [0, 0.1) is 11.8 Å². The van der Waals surface area contributed by atoms with Gasteiger partial charge in [0.2, 0.25) is 11.8 Å². The zero-order valence-electron chi connectivity index (χ0n) is 17.5. The fraction of sp³-hybridized carbons (Fsp3) is 0.474. The Morgan fingerprint density at radius 2 is 1.33 bits per heavy atom. The summed E-state index contributed by atoms with van der Waals surface area (Å²) in [6, 6.07) is -1.12. The van der Waals surface area contributed by atoms with E-state index in [1.54, 1.807) is 0 Å². The summed E-state index contributed by atoms with van der Waals surface area (Å²) in [6.45, 7) is 1.17. The number of alkyl halides is 6. The van der Waals surface area contributed by atoms with Gasteiger partial charge in [-0.1, -0.05) is 6.92 Å². The van der Waals surface area contributed by atoms with Crippen LogP contribution in [-0.4, -0.2) is 44.0 Å². The molecule has 0 spiro atoms. The molecule has 0 aliphatic rings. The molecule has 0 unspecified atom stereocenters. The van der Waals surface area contributed by atoms with E-state index < -0.39 is 77.1 Å². The van der Waals surface area contributed by atoms with Crippen LogP contribution in [0.5, 0.6) is 0 Å². The number of halogens is 6. The van der Waals surface area contributed by atoms with E-state index in [1.807, 2.05) is 5.32 Å². The first-order valence-electron chi connectivity index (χ1n) is 9.05. The highest BCUT2D eigenvalue weighted by molar-refractivity contribution is 5.97. The minimum atomic E-state index is -5.12. The van der Waals surface area contributed by atoms with E-state index in [9.17, 15) is 45.5 Å². The molecule has 3 N–H and O–H groups in total. The number of primary amides is 1. The zero-order chi connectivity index (χ0) is 25.7. The molecule has 0 bridgehead atoms. The van der Waals surface area contributed by atoms with E-state index in [2.05, 4.69) is 9.47 Å². The van der Waals surface area contributed by atoms with E-state index >= 15 is 0 Å². The maximum atomic E-state index is 13.0. The van der Waals surface area contributed by atoms with Crippen molar-refractivity contribution in [2.45, 2.75) is 31.7 Å². The van der Waals surface area contributed by atoms with E-state index in [4.69, 9.17) is 5.73 Å². The van der Waals surface area contributed by atoms with Gasteiger partial charge in [0.05, 0.1) is 31.8 Å². The van der Waals surface area contributed by atoms with E-state index in [-0.39, 0.29) is 6.07 Å². The largest absolute Gasteiger partial charge is 0.468 e. The number of rotatable bonds is 8. The Labute approximate surface area is 183 Å². The first-order valence-corrected chi connectivity index (χ1v) is 9.05. The third kappa shape index (κ3) is 7.36. The molecule has 2 atom stereocenters. The van der Waals surface area contributed by atoms with Crippen LogP contribution >= 0.6 is 0 Å². The predicted octanol–water partition coefficient (Wildman–Crippen LogP) is 1.84. The maximum Gasteiger partial charge on any atom is 0.416 e. The molecular weight excluding hydrogens is 466 g/mol. The second-order valence-corrected chi connectivity index (χ2v) is 6.92. The van der Waals surface area contributed by atoms with Gasteiger partial charge in [-0.2, -0.15) is 26.3 Å². The van der Waals surface area contributed by atoms with Gasteiger partial charge in [0.15, 0.2) is 5.92 Å². The molecule has 0 aliphatic carbocycles. The molecule has 0 saturated carbocycles. The number of ether oxygens (including phenoxy) is 2. The van der Waals surface area contributed by atoms with Crippen molar-refractivity contribution in [3.63, 3.8) is 0 Å². The summed E-state index contributed by atoms with van der Waals surface area (Å²) in [5.41, 5.74) is 1.30. The lowest BCUT2D eigenvalue weighted by atomic mass is 9.86. The molecule has 0 radical (unpaired) electrons. The lowest BCUT2D eigenvalue weighted by Gasteiger charge is -2.26. The van der Waals surface area contributed by atoms with Crippen molar-refractivity contribution in [2.75, 3.05) is 14.2 Å². The first-order chi connectivity index (χ1) is 15.0. The molecule has 1 rings (SSSR count). The summed E-state index contributed by atoms with van der Waals surface area (Å²) < 4.78 is 86.8. The first kappa shape index (κ1) is 27.7. The summed E-state index contributed by atoms with van der Waals surface area (Å²) in [5.74, 6) is -7.70. The van der Waals surface area contributed by atoms with Crippen LogP contribution in [0.3, 0.4) is 0 Å². The molecule has 1 aromatic carbocycles. The number of amides is 2. The SMILES string of the molecule is COC(=O)C(C(=O)OC)[C@@H](C)[C@H](NC(=O)Cc1cc(C(F)(F)F)cc(C(F)(F)F)c1)C(N)=O. The summed E-state index contributed by atoms with van der Waals surface area (Å²) in [5, 5.41) is 2.03. The van der Waals surface area contributed by atoms with Crippen LogP contribution in [0.15, 0.2) is 18.2 Å². The van der Waals surface area contributed by atoms with Gasteiger partial charge in [-0.15, -0.1) is 0 Å². The normalized spacial score (nSPS) is 13.8. The average Bonchev–Trinajstić information content (AvgIpc) is 2.69. The van der Waals surface area contributed by atoms with Gasteiger partial charge >= 0.3 is 24.3 Å². The molecule has 1 aromatic rings. The summed E-state index contributed by atoms with van der Waals surface area (Å²) in [4.78, 5) is 48.0. The highest BCUT2D eigenvalue weighted by Crippen LogP contribution is 2.36. The van der Waals surface area contributed by atoms with Gasteiger partial charge in [0.1, 0.15) is 6.04 Å². The fourth-order valence-electron chi connectivity index (χ4n) is 2.96. The molecule has 0 heterocycles.